The molecule has 0 unspecified atom stereocenters. The van der Waals surface area contributed by atoms with E-state index < -0.39 is 0 Å². The van der Waals surface area contributed by atoms with E-state index in [2.05, 4.69) is 17.2 Å². The van der Waals surface area contributed by atoms with E-state index in [-0.39, 0.29) is 23.3 Å². The van der Waals surface area contributed by atoms with Gasteiger partial charge in [-0.15, -0.1) is 11.3 Å². The lowest BCUT2D eigenvalue weighted by molar-refractivity contribution is -0.132. The Morgan fingerprint density at radius 1 is 1.41 bits per heavy atom. The smallest absolute Gasteiger partial charge is 0.225 e. The second-order valence-corrected chi connectivity index (χ2v) is 8.15. The zero-order valence-corrected chi connectivity index (χ0v) is 14.8. The first-order chi connectivity index (χ1) is 10.2. The molecular formula is C16H25N3O2S. The predicted molar refractivity (Wildman–Crippen MR) is 87.9 cm³/mol. The Hall–Kier alpha value is -1.43. The van der Waals surface area contributed by atoms with Gasteiger partial charge in [-0.05, 0) is 34.6 Å². The van der Waals surface area contributed by atoms with E-state index in [0.717, 1.165) is 17.1 Å². The van der Waals surface area contributed by atoms with Gasteiger partial charge in [-0.25, -0.2) is 4.98 Å². The summed E-state index contributed by atoms with van der Waals surface area (Å²) in [5.41, 5.74) is 0.843. The molecular weight excluding hydrogens is 298 g/mol. The average molecular weight is 323 g/mol. The van der Waals surface area contributed by atoms with Crippen LogP contribution in [0, 0.1) is 19.8 Å². The molecule has 122 valence electrons. The van der Waals surface area contributed by atoms with Gasteiger partial charge >= 0.3 is 0 Å². The van der Waals surface area contributed by atoms with Gasteiger partial charge in [-0.1, -0.05) is 0 Å². The summed E-state index contributed by atoms with van der Waals surface area (Å²) in [5.74, 6) is -0.185. The number of amides is 2. The van der Waals surface area contributed by atoms with Crippen LogP contribution in [0.5, 0.6) is 0 Å². The van der Waals surface area contributed by atoms with Crippen molar-refractivity contribution < 1.29 is 9.59 Å². The number of hydrogen-bond acceptors (Lipinski definition) is 4. The molecule has 0 aromatic carbocycles. The predicted octanol–water partition coefficient (Wildman–Crippen LogP) is 2.07. The maximum atomic E-state index is 12.2. The van der Waals surface area contributed by atoms with E-state index in [1.807, 2.05) is 27.7 Å². The van der Waals surface area contributed by atoms with E-state index in [1.54, 1.807) is 16.2 Å². The fourth-order valence-electron chi connectivity index (χ4n) is 2.61. The van der Waals surface area contributed by atoms with Crippen molar-refractivity contribution in [3.05, 3.63) is 15.6 Å². The van der Waals surface area contributed by atoms with Crippen LogP contribution in [0.2, 0.25) is 0 Å². The van der Waals surface area contributed by atoms with Gasteiger partial charge in [0.1, 0.15) is 0 Å². The normalized spacial score (nSPS) is 18.9. The Morgan fingerprint density at radius 3 is 2.59 bits per heavy atom. The standard InChI is InChI=1S/C16H25N3O2S/c1-10-11(2)22-13(18-10)6-7-17-15(21)12-8-14(20)19(9-12)16(3,4)5/h12H,6-9H2,1-5H3,(H,17,21)/t12-/m0/s1. The van der Waals surface area contributed by atoms with Crippen LogP contribution in [0.3, 0.4) is 0 Å². The van der Waals surface area contributed by atoms with Crippen LogP contribution in [0.25, 0.3) is 0 Å². The third-order valence-electron chi connectivity index (χ3n) is 4.02. The first-order valence-corrected chi connectivity index (χ1v) is 8.51. The number of carbonyl (C=O) groups excluding carboxylic acids is 2. The molecule has 0 bridgehead atoms. The molecule has 6 heteroatoms. The number of nitrogens with one attached hydrogen (secondary N) is 1. The molecule has 2 rings (SSSR count). The summed E-state index contributed by atoms with van der Waals surface area (Å²) in [6.07, 6.45) is 1.06. The molecule has 0 aliphatic carbocycles. The molecule has 1 fully saturated rings. The summed E-state index contributed by atoms with van der Waals surface area (Å²) in [4.78, 5) is 31.7. The van der Waals surface area contributed by atoms with Gasteiger partial charge in [0.05, 0.1) is 16.6 Å². The Kier molecular flexibility index (Phi) is 4.90. The highest BCUT2D eigenvalue weighted by Crippen LogP contribution is 2.25. The number of thiazole rings is 1. The zero-order chi connectivity index (χ0) is 16.5. The van der Waals surface area contributed by atoms with Crippen molar-refractivity contribution in [2.75, 3.05) is 13.1 Å². The molecule has 0 saturated carbocycles. The van der Waals surface area contributed by atoms with E-state index in [0.29, 0.717) is 19.5 Å². The molecule has 1 saturated heterocycles. The maximum Gasteiger partial charge on any atom is 0.225 e. The monoisotopic (exact) mass is 323 g/mol. The molecule has 1 aromatic heterocycles. The van der Waals surface area contributed by atoms with Crippen molar-refractivity contribution in [3.8, 4) is 0 Å². The highest BCUT2D eigenvalue weighted by molar-refractivity contribution is 7.11. The van der Waals surface area contributed by atoms with Crippen LogP contribution in [0.1, 0.15) is 42.8 Å². The van der Waals surface area contributed by atoms with Crippen LogP contribution in [0.15, 0.2) is 0 Å². The molecule has 1 aliphatic heterocycles. The van der Waals surface area contributed by atoms with Gasteiger partial charge in [0.15, 0.2) is 0 Å². The number of hydrogen-bond donors (Lipinski definition) is 1. The number of nitrogens with zero attached hydrogens (tertiary/aromatic N) is 2. The minimum atomic E-state index is -0.230. The van der Waals surface area contributed by atoms with E-state index >= 15 is 0 Å². The highest BCUT2D eigenvalue weighted by atomic mass is 32.1. The summed E-state index contributed by atoms with van der Waals surface area (Å²) in [6, 6.07) is 0. The Balaban J connectivity index is 1.82. The molecule has 22 heavy (non-hydrogen) atoms. The fourth-order valence-corrected chi connectivity index (χ4v) is 3.55. The Labute approximate surface area is 136 Å². The van der Waals surface area contributed by atoms with Crippen LogP contribution >= 0.6 is 11.3 Å². The van der Waals surface area contributed by atoms with Gasteiger partial charge in [0, 0.05) is 36.3 Å². The maximum absolute atomic E-state index is 12.2. The van der Waals surface area contributed by atoms with Crippen molar-refractivity contribution in [1.82, 2.24) is 15.2 Å². The molecule has 0 spiro atoms. The van der Waals surface area contributed by atoms with Crippen LogP contribution in [0.4, 0.5) is 0 Å². The van der Waals surface area contributed by atoms with Crippen LogP contribution in [-0.4, -0.2) is 40.3 Å². The SMILES string of the molecule is Cc1nc(CCNC(=O)[C@H]2CC(=O)N(C(C)(C)C)C2)sc1C. The minimum Gasteiger partial charge on any atom is -0.355 e. The molecule has 0 radical (unpaired) electrons. The third kappa shape index (κ3) is 3.85. The summed E-state index contributed by atoms with van der Waals surface area (Å²) in [6.45, 7) is 11.1. The van der Waals surface area contributed by atoms with E-state index in [4.69, 9.17) is 0 Å². The fraction of sp³-hybridized carbons (Fsp3) is 0.688. The number of carbonyl (C=O) groups is 2. The average Bonchev–Trinajstić information content (AvgIpc) is 2.93. The van der Waals surface area contributed by atoms with Crippen LogP contribution in [-0.2, 0) is 16.0 Å². The summed E-state index contributed by atoms with van der Waals surface area (Å²) in [7, 11) is 0. The quantitative estimate of drug-likeness (QED) is 0.922. The lowest BCUT2D eigenvalue weighted by atomic mass is 10.1. The van der Waals surface area contributed by atoms with Gasteiger partial charge in [-0.3, -0.25) is 9.59 Å². The molecule has 1 aliphatic rings. The third-order valence-corrected chi connectivity index (χ3v) is 5.15. The topological polar surface area (TPSA) is 62.3 Å². The van der Waals surface area contributed by atoms with Gasteiger partial charge in [0.25, 0.3) is 0 Å². The highest BCUT2D eigenvalue weighted by Gasteiger charge is 2.39. The molecule has 1 N–H and O–H groups in total. The van der Waals surface area contributed by atoms with Crippen molar-refractivity contribution in [2.45, 2.75) is 53.0 Å². The molecule has 2 heterocycles. The molecule has 2 amide bonds. The number of likely N-dealkylation sites (tertiary alicyclic amines) is 1. The number of aromatic nitrogens is 1. The minimum absolute atomic E-state index is 0.0231. The largest absolute Gasteiger partial charge is 0.355 e. The second kappa shape index (κ2) is 6.36. The van der Waals surface area contributed by atoms with Crippen LogP contribution < -0.4 is 5.32 Å². The summed E-state index contributed by atoms with van der Waals surface area (Å²) >= 11 is 1.68. The lowest BCUT2D eigenvalue weighted by Crippen LogP contribution is -2.43. The van der Waals surface area contributed by atoms with E-state index in [1.165, 1.54) is 4.88 Å². The van der Waals surface area contributed by atoms with E-state index in [9.17, 15) is 9.59 Å². The Bertz CT molecular complexity index is 555. The van der Waals surface area contributed by atoms with Crippen molar-refractivity contribution >= 4 is 23.2 Å². The zero-order valence-electron chi connectivity index (χ0n) is 14.0. The van der Waals surface area contributed by atoms with Crippen molar-refractivity contribution in [3.63, 3.8) is 0 Å². The van der Waals surface area contributed by atoms with Crippen molar-refractivity contribution in [1.29, 1.82) is 0 Å². The lowest BCUT2D eigenvalue weighted by Gasteiger charge is -2.31. The van der Waals surface area contributed by atoms with Crippen molar-refractivity contribution in [2.24, 2.45) is 5.92 Å². The summed E-state index contributed by atoms with van der Waals surface area (Å²) in [5, 5.41) is 3.99. The first-order valence-electron chi connectivity index (χ1n) is 7.69. The Morgan fingerprint density at radius 2 is 2.09 bits per heavy atom. The second-order valence-electron chi connectivity index (χ2n) is 6.87. The summed E-state index contributed by atoms with van der Waals surface area (Å²) < 4.78 is 0. The molecule has 1 aromatic rings. The molecule has 5 nitrogen and oxygen atoms in total. The first kappa shape index (κ1) is 16.9. The molecule has 1 atom stereocenters. The van der Waals surface area contributed by atoms with Gasteiger partial charge in [0.2, 0.25) is 11.8 Å². The number of rotatable bonds is 4. The number of aryl methyl sites for hydroxylation is 2. The van der Waals surface area contributed by atoms with Gasteiger partial charge in [-0.2, -0.15) is 0 Å². The van der Waals surface area contributed by atoms with Gasteiger partial charge < -0.3 is 10.2 Å².